The van der Waals surface area contributed by atoms with Gasteiger partial charge >= 0.3 is 5.97 Å². The minimum Gasteiger partial charge on any atom is -0.465 e. The van der Waals surface area contributed by atoms with Gasteiger partial charge in [-0.1, -0.05) is 13.8 Å². The molecule has 3 heteroatoms. The summed E-state index contributed by atoms with van der Waals surface area (Å²) in [5.41, 5.74) is 0. The predicted octanol–water partition coefficient (Wildman–Crippen LogP) is 0.938. The van der Waals surface area contributed by atoms with Gasteiger partial charge in [-0.2, -0.15) is 0 Å². The monoisotopic (exact) mass is 159 g/mol. The molecule has 0 fully saturated rings. The number of esters is 1. The third-order valence-electron chi connectivity index (χ3n) is 1.43. The molecule has 0 aliphatic carbocycles. The minimum absolute atomic E-state index is 0.125. The van der Waals surface area contributed by atoms with E-state index in [0.29, 0.717) is 6.61 Å². The summed E-state index contributed by atoms with van der Waals surface area (Å²) in [6, 6.07) is -0.125. The number of nitrogens with one attached hydrogen (secondary N) is 1. The van der Waals surface area contributed by atoms with E-state index in [2.05, 4.69) is 5.32 Å². The Kier molecular flexibility index (Phi) is 5.84. The van der Waals surface area contributed by atoms with Gasteiger partial charge in [-0.3, -0.25) is 4.79 Å². The summed E-state index contributed by atoms with van der Waals surface area (Å²) in [6.45, 7) is 7.01. The lowest BCUT2D eigenvalue weighted by molar-refractivity contribution is -0.145. The Labute approximate surface area is 68.1 Å². The molecule has 0 spiro atoms. The highest BCUT2D eigenvalue weighted by Gasteiger charge is 2.14. The van der Waals surface area contributed by atoms with Crippen LogP contribution in [0.3, 0.4) is 0 Å². The molecule has 0 amide bonds. The number of ether oxygens (including phenoxy) is 1. The highest BCUT2D eigenvalue weighted by atomic mass is 16.5. The highest BCUT2D eigenvalue weighted by molar-refractivity contribution is 5.75. The van der Waals surface area contributed by atoms with Gasteiger partial charge in [0.2, 0.25) is 0 Å². The number of hydrogen-bond acceptors (Lipinski definition) is 3. The van der Waals surface area contributed by atoms with Crippen LogP contribution in [0.4, 0.5) is 0 Å². The summed E-state index contributed by atoms with van der Waals surface area (Å²) >= 11 is 0. The van der Waals surface area contributed by atoms with Crippen LogP contribution in [0.1, 0.15) is 27.2 Å². The third-order valence-corrected chi connectivity index (χ3v) is 1.43. The zero-order chi connectivity index (χ0) is 8.69. The van der Waals surface area contributed by atoms with E-state index in [1.165, 1.54) is 0 Å². The largest absolute Gasteiger partial charge is 0.465 e. The van der Waals surface area contributed by atoms with E-state index in [-0.39, 0.29) is 12.0 Å². The second-order valence-electron chi connectivity index (χ2n) is 2.27. The molecule has 1 N–H and O–H groups in total. The van der Waals surface area contributed by atoms with E-state index in [1.54, 1.807) is 0 Å². The zero-order valence-corrected chi connectivity index (χ0v) is 7.52. The van der Waals surface area contributed by atoms with Gasteiger partial charge < -0.3 is 10.1 Å². The van der Waals surface area contributed by atoms with Crippen LogP contribution < -0.4 is 5.32 Å². The summed E-state index contributed by atoms with van der Waals surface area (Å²) < 4.78 is 4.85. The van der Waals surface area contributed by atoms with E-state index >= 15 is 0 Å². The summed E-state index contributed by atoms with van der Waals surface area (Å²) in [6.07, 6.45) is 0.784. The Hall–Kier alpha value is -0.570. The molecule has 11 heavy (non-hydrogen) atoms. The topological polar surface area (TPSA) is 38.3 Å². The van der Waals surface area contributed by atoms with Crippen molar-refractivity contribution in [1.29, 1.82) is 0 Å². The number of carbonyl (C=O) groups excluding carboxylic acids is 1. The molecule has 3 nitrogen and oxygen atoms in total. The first kappa shape index (κ1) is 10.4. The molecule has 0 heterocycles. The van der Waals surface area contributed by atoms with Crippen LogP contribution in [0.25, 0.3) is 0 Å². The smallest absolute Gasteiger partial charge is 0.323 e. The lowest BCUT2D eigenvalue weighted by Crippen LogP contribution is -2.37. The number of likely N-dealkylation sites (N-methyl/N-ethyl adjacent to an activating group) is 1. The molecule has 66 valence electrons. The van der Waals surface area contributed by atoms with Crippen LogP contribution >= 0.6 is 0 Å². The molecule has 0 aromatic heterocycles. The Morgan fingerprint density at radius 1 is 1.45 bits per heavy atom. The first-order valence-electron chi connectivity index (χ1n) is 4.16. The quantitative estimate of drug-likeness (QED) is 0.607. The molecule has 0 saturated heterocycles. The van der Waals surface area contributed by atoms with E-state index in [1.807, 2.05) is 20.8 Å². The first-order chi connectivity index (χ1) is 5.26. The van der Waals surface area contributed by atoms with Crippen molar-refractivity contribution in [2.45, 2.75) is 33.2 Å². The Bertz CT molecular complexity index is 115. The van der Waals surface area contributed by atoms with Gasteiger partial charge in [0.1, 0.15) is 6.04 Å². The van der Waals surface area contributed by atoms with Gasteiger partial charge in [0.15, 0.2) is 0 Å². The van der Waals surface area contributed by atoms with Crippen molar-refractivity contribution in [3.05, 3.63) is 0 Å². The molecule has 0 radical (unpaired) electrons. The van der Waals surface area contributed by atoms with Gasteiger partial charge in [0.05, 0.1) is 6.61 Å². The van der Waals surface area contributed by atoms with Crippen LogP contribution in [-0.2, 0) is 9.53 Å². The average molecular weight is 159 g/mol. The molecule has 0 rings (SSSR count). The standard InChI is InChI=1S/C8H17NO2/c1-4-7(9-5-2)8(10)11-6-3/h7,9H,4-6H2,1-3H3/t7-/m0/s1. The predicted molar refractivity (Wildman–Crippen MR) is 44.4 cm³/mol. The molecule has 1 atom stereocenters. The van der Waals surface area contributed by atoms with Crippen molar-refractivity contribution in [3.8, 4) is 0 Å². The first-order valence-corrected chi connectivity index (χ1v) is 4.16. The molecule has 0 bridgehead atoms. The van der Waals surface area contributed by atoms with Gasteiger partial charge in [-0.25, -0.2) is 0 Å². The second kappa shape index (κ2) is 6.16. The van der Waals surface area contributed by atoms with Crippen molar-refractivity contribution in [3.63, 3.8) is 0 Å². The fourth-order valence-electron chi connectivity index (χ4n) is 0.884. The maximum absolute atomic E-state index is 11.1. The third kappa shape index (κ3) is 3.98. The Morgan fingerprint density at radius 3 is 2.45 bits per heavy atom. The van der Waals surface area contributed by atoms with Crippen molar-refractivity contribution in [2.24, 2.45) is 0 Å². The van der Waals surface area contributed by atoms with Crippen molar-refractivity contribution < 1.29 is 9.53 Å². The highest BCUT2D eigenvalue weighted by Crippen LogP contribution is 1.93. The summed E-state index contributed by atoms with van der Waals surface area (Å²) in [4.78, 5) is 11.1. The van der Waals surface area contributed by atoms with E-state index in [9.17, 15) is 4.79 Å². The Balaban J connectivity index is 3.71. The molecular weight excluding hydrogens is 142 g/mol. The fourth-order valence-corrected chi connectivity index (χ4v) is 0.884. The zero-order valence-electron chi connectivity index (χ0n) is 7.52. The van der Waals surface area contributed by atoms with Crippen molar-refractivity contribution in [1.82, 2.24) is 5.32 Å². The maximum atomic E-state index is 11.1. The van der Waals surface area contributed by atoms with Crippen LogP contribution in [0.15, 0.2) is 0 Å². The lowest BCUT2D eigenvalue weighted by Gasteiger charge is -2.13. The van der Waals surface area contributed by atoms with Gasteiger partial charge in [-0.15, -0.1) is 0 Å². The van der Waals surface area contributed by atoms with E-state index in [0.717, 1.165) is 13.0 Å². The average Bonchev–Trinajstić information content (AvgIpc) is 2.00. The number of carbonyl (C=O) groups is 1. The van der Waals surface area contributed by atoms with Crippen LogP contribution in [0.5, 0.6) is 0 Å². The van der Waals surface area contributed by atoms with Gasteiger partial charge in [-0.05, 0) is 19.9 Å². The van der Waals surface area contributed by atoms with Crippen LogP contribution in [0.2, 0.25) is 0 Å². The van der Waals surface area contributed by atoms with Gasteiger partial charge in [0, 0.05) is 0 Å². The fraction of sp³-hybridized carbons (Fsp3) is 0.875. The van der Waals surface area contributed by atoms with Crippen LogP contribution in [-0.4, -0.2) is 25.2 Å². The molecule has 0 aliphatic rings. The van der Waals surface area contributed by atoms with Gasteiger partial charge in [0.25, 0.3) is 0 Å². The second-order valence-corrected chi connectivity index (χ2v) is 2.27. The Morgan fingerprint density at radius 2 is 2.09 bits per heavy atom. The molecule has 0 saturated carbocycles. The molecule has 0 aromatic rings. The maximum Gasteiger partial charge on any atom is 0.323 e. The van der Waals surface area contributed by atoms with Crippen molar-refractivity contribution >= 4 is 5.97 Å². The summed E-state index contributed by atoms with van der Waals surface area (Å²) in [7, 11) is 0. The molecular formula is C8H17NO2. The SMILES string of the molecule is CCN[C@@H](CC)C(=O)OCC. The summed E-state index contributed by atoms with van der Waals surface area (Å²) in [5, 5.41) is 3.04. The molecule has 0 unspecified atom stereocenters. The summed E-state index contributed by atoms with van der Waals surface area (Å²) in [5.74, 6) is -0.142. The normalized spacial score (nSPS) is 12.6. The van der Waals surface area contributed by atoms with E-state index < -0.39 is 0 Å². The lowest BCUT2D eigenvalue weighted by atomic mass is 10.2. The van der Waals surface area contributed by atoms with Crippen LogP contribution in [0, 0.1) is 0 Å². The molecule has 0 aliphatic heterocycles. The molecule has 0 aromatic carbocycles. The number of rotatable bonds is 5. The minimum atomic E-state index is -0.142. The van der Waals surface area contributed by atoms with E-state index in [4.69, 9.17) is 4.74 Å². The number of hydrogen-bond donors (Lipinski definition) is 1. The van der Waals surface area contributed by atoms with Crippen molar-refractivity contribution in [2.75, 3.05) is 13.2 Å².